The number of carbonyl (C=O) groups excluding carboxylic acids is 1. The highest BCUT2D eigenvalue weighted by molar-refractivity contribution is 9.10. The first-order valence-corrected chi connectivity index (χ1v) is 11.7. The van der Waals surface area contributed by atoms with E-state index in [-0.39, 0.29) is 12.2 Å². The van der Waals surface area contributed by atoms with Gasteiger partial charge < -0.3 is 4.74 Å². The Kier molecular flexibility index (Phi) is 5.68. The summed E-state index contributed by atoms with van der Waals surface area (Å²) in [5.41, 5.74) is 2.79. The van der Waals surface area contributed by atoms with Crippen LogP contribution in [-0.2, 0) is 13.0 Å². The number of ketones is 1. The number of fused-ring (bicyclic) bond motifs is 1. The highest BCUT2D eigenvalue weighted by Gasteiger charge is 2.24. The van der Waals surface area contributed by atoms with Crippen LogP contribution in [0.15, 0.2) is 34.2 Å². The Bertz CT molecular complexity index is 1260. The Morgan fingerprint density at radius 1 is 1.32 bits per heavy atom. The molecule has 0 saturated heterocycles. The SMILES string of the molecule is O=C(CCc1cc(Cl)cnc1Oc1ccc2c(nnn2CC2CC2)c1Br)c1csnn1. The van der Waals surface area contributed by atoms with Gasteiger partial charge in [0.2, 0.25) is 5.88 Å². The van der Waals surface area contributed by atoms with E-state index in [9.17, 15) is 4.79 Å². The molecule has 4 aromatic rings. The minimum absolute atomic E-state index is 0.0884. The number of Topliss-reactive ketones (excluding diaryl/α,β-unsaturated/α-hetero) is 1. The van der Waals surface area contributed by atoms with Crippen LogP contribution in [0.25, 0.3) is 11.0 Å². The average molecular weight is 520 g/mol. The van der Waals surface area contributed by atoms with Crippen LogP contribution >= 0.6 is 39.1 Å². The summed E-state index contributed by atoms with van der Waals surface area (Å²) in [6.07, 6.45) is 4.67. The highest BCUT2D eigenvalue weighted by atomic mass is 79.9. The summed E-state index contributed by atoms with van der Waals surface area (Å²) in [6.45, 7) is 0.883. The summed E-state index contributed by atoms with van der Waals surface area (Å²) in [6, 6.07) is 5.58. The van der Waals surface area contributed by atoms with Crippen molar-refractivity contribution in [3.63, 3.8) is 0 Å². The third-order valence-electron chi connectivity index (χ3n) is 5.08. The Labute approximate surface area is 194 Å². The molecular formula is C20H16BrClN6O2S. The van der Waals surface area contributed by atoms with Gasteiger partial charge in [0.05, 0.1) is 15.0 Å². The smallest absolute Gasteiger partial charge is 0.222 e. The van der Waals surface area contributed by atoms with E-state index in [0.29, 0.717) is 39.2 Å². The van der Waals surface area contributed by atoms with Gasteiger partial charge >= 0.3 is 0 Å². The van der Waals surface area contributed by atoms with Crippen molar-refractivity contribution in [2.45, 2.75) is 32.2 Å². The number of ether oxygens (including phenoxy) is 1. The molecule has 1 aliphatic carbocycles. The molecular weight excluding hydrogens is 504 g/mol. The zero-order chi connectivity index (χ0) is 21.4. The molecule has 1 aliphatic rings. The van der Waals surface area contributed by atoms with Gasteiger partial charge in [-0.25, -0.2) is 9.67 Å². The molecule has 1 saturated carbocycles. The van der Waals surface area contributed by atoms with Crippen LogP contribution in [0, 0.1) is 5.92 Å². The van der Waals surface area contributed by atoms with E-state index in [4.69, 9.17) is 16.3 Å². The monoisotopic (exact) mass is 518 g/mol. The van der Waals surface area contributed by atoms with Crippen LogP contribution in [-0.4, -0.2) is 35.3 Å². The second kappa shape index (κ2) is 8.60. The molecule has 3 aromatic heterocycles. The fraction of sp³-hybridized carbons (Fsp3) is 0.300. The maximum Gasteiger partial charge on any atom is 0.222 e. The Morgan fingerprint density at radius 2 is 2.19 bits per heavy atom. The van der Waals surface area contributed by atoms with Gasteiger partial charge in [-0.05, 0) is 70.8 Å². The molecule has 11 heteroatoms. The Hall–Kier alpha value is -2.43. The van der Waals surface area contributed by atoms with E-state index in [0.717, 1.165) is 34.7 Å². The first-order chi connectivity index (χ1) is 15.1. The largest absolute Gasteiger partial charge is 0.437 e. The summed E-state index contributed by atoms with van der Waals surface area (Å²) in [5, 5.41) is 14.5. The molecule has 0 radical (unpaired) electrons. The second-order valence-corrected chi connectivity index (χ2v) is 9.23. The van der Waals surface area contributed by atoms with E-state index in [2.05, 4.69) is 40.8 Å². The molecule has 1 aromatic carbocycles. The Balaban J connectivity index is 1.38. The molecule has 1 fully saturated rings. The van der Waals surface area contributed by atoms with Crippen molar-refractivity contribution in [3.8, 4) is 11.6 Å². The molecule has 0 atom stereocenters. The first kappa shape index (κ1) is 20.5. The molecule has 158 valence electrons. The molecule has 0 amide bonds. The van der Waals surface area contributed by atoms with Crippen LogP contribution in [0.1, 0.15) is 35.3 Å². The number of nitrogens with zero attached hydrogens (tertiary/aromatic N) is 6. The van der Waals surface area contributed by atoms with Crippen molar-refractivity contribution in [2.24, 2.45) is 5.92 Å². The maximum absolute atomic E-state index is 12.3. The van der Waals surface area contributed by atoms with E-state index in [1.807, 2.05) is 16.8 Å². The quantitative estimate of drug-likeness (QED) is 0.298. The van der Waals surface area contributed by atoms with Crippen LogP contribution in [0.4, 0.5) is 0 Å². The van der Waals surface area contributed by atoms with E-state index in [1.54, 1.807) is 11.4 Å². The Morgan fingerprint density at radius 3 is 2.97 bits per heavy atom. The summed E-state index contributed by atoms with van der Waals surface area (Å²) in [7, 11) is 0. The summed E-state index contributed by atoms with van der Waals surface area (Å²) < 4.78 is 12.5. The van der Waals surface area contributed by atoms with Crippen LogP contribution in [0.5, 0.6) is 11.6 Å². The number of hydrogen-bond acceptors (Lipinski definition) is 8. The molecule has 8 nitrogen and oxygen atoms in total. The van der Waals surface area contributed by atoms with Gasteiger partial charge in [0.1, 0.15) is 17.0 Å². The van der Waals surface area contributed by atoms with Gasteiger partial charge in [0, 0.05) is 30.1 Å². The van der Waals surface area contributed by atoms with Crippen LogP contribution < -0.4 is 4.74 Å². The molecule has 31 heavy (non-hydrogen) atoms. The zero-order valence-corrected chi connectivity index (χ0v) is 19.3. The van der Waals surface area contributed by atoms with Gasteiger partial charge in [0.15, 0.2) is 5.78 Å². The number of benzene rings is 1. The number of rotatable bonds is 8. The van der Waals surface area contributed by atoms with Gasteiger partial charge in [-0.3, -0.25) is 4.79 Å². The third kappa shape index (κ3) is 4.46. The number of aromatic nitrogens is 6. The fourth-order valence-corrected chi connectivity index (χ4v) is 4.39. The van der Waals surface area contributed by atoms with Crippen molar-refractivity contribution >= 4 is 55.9 Å². The molecule has 0 spiro atoms. The van der Waals surface area contributed by atoms with Crippen molar-refractivity contribution < 1.29 is 9.53 Å². The number of pyridine rings is 1. The van der Waals surface area contributed by atoms with E-state index >= 15 is 0 Å². The van der Waals surface area contributed by atoms with Crippen LogP contribution in [0.2, 0.25) is 5.02 Å². The molecule has 0 aliphatic heterocycles. The van der Waals surface area contributed by atoms with Crippen LogP contribution in [0.3, 0.4) is 0 Å². The lowest BCUT2D eigenvalue weighted by molar-refractivity contribution is 0.0978. The minimum atomic E-state index is -0.0884. The zero-order valence-electron chi connectivity index (χ0n) is 16.2. The van der Waals surface area contributed by atoms with Crippen molar-refractivity contribution in [1.29, 1.82) is 0 Å². The highest BCUT2D eigenvalue weighted by Crippen LogP contribution is 2.37. The summed E-state index contributed by atoms with van der Waals surface area (Å²) in [4.78, 5) is 16.6. The normalized spacial score (nSPS) is 13.6. The number of halogens is 2. The number of hydrogen-bond donors (Lipinski definition) is 0. The lowest BCUT2D eigenvalue weighted by Crippen LogP contribution is -2.04. The predicted octanol–water partition coefficient (Wildman–Crippen LogP) is 5.11. The third-order valence-corrected chi connectivity index (χ3v) is 6.56. The maximum atomic E-state index is 12.3. The van der Waals surface area contributed by atoms with Crippen molar-refractivity contribution in [2.75, 3.05) is 0 Å². The van der Waals surface area contributed by atoms with Crippen molar-refractivity contribution in [1.82, 2.24) is 29.6 Å². The molecule has 0 unspecified atom stereocenters. The van der Waals surface area contributed by atoms with E-state index in [1.165, 1.54) is 19.0 Å². The van der Waals surface area contributed by atoms with Gasteiger partial charge in [-0.2, -0.15) is 0 Å². The molecule has 0 bridgehead atoms. The minimum Gasteiger partial charge on any atom is -0.437 e. The molecule has 0 N–H and O–H groups in total. The summed E-state index contributed by atoms with van der Waals surface area (Å²) >= 11 is 10.9. The van der Waals surface area contributed by atoms with E-state index < -0.39 is 0 Å². The van der Waals surface area contributed by atoms with Gasteiger partial charge in [-0.1, -0.05) is 21.3 Å². The fourth-order valence-electron chi connectivity index (χ4n) is 3.25. The average Bonchev–Trinajstić information content (AvgIpc) is 3.24. The van der Waals surface area contributed by atoms with Crippen molar-refractivity contribution in [3.05, 3.63) is 50.5 Å². The van der Waals surface area contributed by atoms with Gasteiger partial charge in [0.25, 0.3) is 0 Å². The second-order valence-electron chi connectivity index (χ2n) is 7.39. The lowest BCUT2D eigenvalue weighted by atomic mass is 10.1. The first-order valence-electron chi connectivity index (χ1n) is 9.72. The lowest BCUT2D eigenvalue weighted by Gasteiger charge is -2.12. The number of carbonyl (C=O) groups is 1. The topological polar surface area (TPSA) is 95.7 Å². The summed E-state index contributed by atoms with van der Waals surface area (Å²) in [5.74, 6) is 1.56. The number of aryl methyl sites for hydroxylation is 1. The molecule has 5 rings (SSSR count). The van der Waals surface area contributed by atoms with Gasteiger partial charge in [-0.15, -0.1) is 10.2 Å². The predicted molar refractivity (Wildman–Crippen MR) is 120 cm³/mol. The molecule has 3 heterocycles. The standard InChI is InChI=1S/C20H16BrClN6O2S/c21-18-17(6-4-15-19(18)25-26-28(15)9-11-1-2-11)30-20-12(7-13(22)8-23-20)3-5-16(29)14-10-31-27-24-14/h4,6-8,10-11H,1-3,5,9H2.